The average molecular weight is 278 g/mol. The third-order valence-corrected chi connectivity index (χ3v) is 3.26. The lowest BCUT2D eigenvalue weighted by Crippen LogP contribution is -2.06. The smallest absolute Gasteiger partial charge is 0.207 e. The van der Waals surface area contributed by atoms with Gasteiger partial charge in [-0.05, 0) is 31.2 Å². The monoisotopic (exact) mass is 278 g/mol. The summed E-state index contributed by atoms with van der Waals surface area (Å²) < 4.78 is 2.14. The molecule has 2 heterocycles. The highest BCUT2D eigenvalue weighted by atomic mass is 15.2. The molecule has 0 saturated heterocycles. The van der Waals surface area contributed by atoms with Crippen molar-refractivity contribution >= 4 is 11.6 Å². The summed E-state index contributed by atoms with van der Waals surface area (Å²) in [7, 11) is 0. The molecule has 3 rings (SSSR count). The standard InChI is InChI=1S/C17H18N4/c1-14-13-21(12-10-15-7-5-6-11-18-15)17(19-14)20-16-8-3-2-4-9-16/h2-9,11,13H,10,12H2,1H3,(H,19,20). The predicted molar refractivity (Wildman–Crippen MR) is 84.6 cm³/mol. The zero-order chi connectivity index (χ0) is 14.5. The molecule has 0 aliphatic rings. The van der Waals surface area contributed by atoms with Crippen LogP contribution in [0, 0.1) is 6.92 Å². The molecular formula is C17H18N4. The van der Waals surface area contributed by atoms with Gasteiger partial charge in [0, 0.05) is 36.7 Å². The third-order valence-electron chi connectivity index (χ3n) is 3.26. The minimum Gasteiger partial charge on any atom is -0.326 e. The maximum atomic E-state index is 4.55. The van der Waals surface area contributed by atoms with Crippen molar-refractivity contribution in [1.29, 1.82) is 0 Å². The van der Waals surface area contributed by atoms with Gasteiger partial charge in [0.05, 0.1) is 5.69 Å². The number of imidazole rings is 1. The third kappa shape index (κ3) is 3.48. The lowest BCUT2D eigenvalue weighted by Gasteiger charge is -2.09. The number of pyridine rings is 1. The summed E-state index contributed by atoms with van der Waals surface area (Å²) in [5.74, 6) is 0.870. The molecule has 1 aromatic carbocycles. The highest BCUT2D eigenvalue weighted by Crippen LogP contribution is 2.16. The van der Waals surface area contributed by atoms with Crippen LogP contribution < -0.4 is 5.32 Å². The number of hydrogen-bond acceptors (Lipinski definition) is 3. The van der Waals surface area contributed by atoms with Crippen molar-refractivity contribution in [2.75, 3.05) is 5.32 Å². The first kappa shape index (κ1) is 13.4. The zero-order valence-corrected chi connectivity index (χ0v) is 12.0. The number of para-hydroxylation sites is 1. The van der Waals surface area contributed by atoms with E-state index < -0.39 is 0 Å². The molecule has 3 aromatic rings. The molecule has 21 heavy (non-hydrogen) atoms. The molecule has 0 spiro atoms. The van der Waals surface area contributed by atoms with Crippen LogP contribution in [0.15, 0.2) is 60.9 Å². The maximum absolute atomic E-state index is 4.55. The maximum Gasteiger partial charge on any atom is 0.207 e. The summed E-state index contributed by atoms with van der Waals surface area (Å²) in [5, 5.41) is 3.36. The summed E-state index contributed by atoms with van der Waals surface area (Å²) >= 11 is 0. The van der Waals surface area contributed by atoms with Gasteiger partial charge >= 0.3 is 0 Å². The summed E-state index contributed by atoms with van der Waals surface area (Å²) in [6.07, 6.45) is 4.78. The molecule has 0 radical (unpaired) electrons. The van der Waals surface area contributed by atoms with E-state index in [9.17, 15) is 0 Å². The van der Waals surface area contributed by atoms with Crippen molar-refractivity contribution in [3.05, 3.63) is 72.3 Å². The molecule has 0 saturated carbocycles. The minimum absolute atomic E-state index is 0.854. The van der Waals surface area contributed by atoms with Crippen LogP contribution >= 0.6 is 0 Å². The van der Waals surface area contributed by atoms with Gasteiger partial charge in [-0.15, -0.1) is 0 Å². The first-order valence-electron chi connectivity index (χ1n) is 7.07. The van der Waals surface area contributed by atoms with Crippen LogP contribution in [-0.4, -0.2) is 14.5 Å². The number of nitrogens with zero attached hydrogens (tertiary/aromatic N) is 3. The van der Waals surface area contributed by atoms with Gasteiger partial charge in [0.15, 0.2) is 0 Å². The Morgan fingerprint density at radius 2 is 1.86 bits per heavy atom. The van der Waals surface area contributed by atoms with Crippen molar-refractivity contribution in [3.8, 4) is 0 Å². The molecule has 1 N–H and O–H groups in total. The number of aryl methyl sites for hydroxylation is 3. The van der Waals surface area contributed by atoms with Gasteiger partial charge in [0.25, 0.3) is 0 Å². The Morgan fingerprint density at radius 1 is 1.05 bits per heavy atom. The van der Waals surface area contributed by atoms with Crippen molar-refractivity contribution < 1.29 is 0 Å². The van der Waals surface area contributed by atoms with Gasteiger partial charge in [-0.2, -0.15) is 0 Å². The van der Waals surface area contributed by atoms with Crippen LogP contribution in [0.1, 0.15) is 11.4 Å². The van der Waals surface area contributed by atoms with Gasteiger partial charge in [0.1, 0.15) is 0 Å². The second-order valence-electron chi connectivity index (χ2n) is 4.96. The lowest BCUT2D eigenvalue weighted by molar-refractivity contribution is 0.692. The van der Waals surface area contributed by atoms with Crippen molar-refractivity contribution in [2.24, 2.45) is 0 Å². The van der Waals surface area contributed by atoms with Crippen LogP contribution in [-0.2, 0) is 13.0 Å². The molecule has 0 aliphatic carbocycles. The van der Waals surface area contributed by atoms with E-state index in [4.69, 9.17) is 0 Å². The van der Waals surface area contributed by atoms with E-state index >= 15 is 0 Å². The highest BCUT2D eigenvalue weighted by molar-refractivity contribution is 5.53. The molecule has 0 atom stereocenters. The molecule has 0 unspecified atom stereocenters. The number of nitrogens with one attached hydrogen (secondary N) is 1. The van der Waals surface area contributed by atoms with Gasteiger partial charge in [-0.1, -0.05) is 24.3 Å². The van der Waals surface area contributed by atoms with Gasteiger partial charge in [-0.25, -0.2) is 4.98 Å². The van der Waals surface area contributed by atoms with Crippen LogP contribution in [0.3, 0.4) is 0 Å². The summed E-state index contributed by atoms with van der Waals surface area (Å²) in [6.45, 7) is 2.86. The highest BCUT2D eigenvalue weighted by Gasteiger charge is 2.06. The number of anilines is 2. The van der Waals surface area contributed by atoms with E-state index in [1.165, 1.54) is 0 Å². The van der Waals surface area contributed by atoms with E-state index in [1.807, 2.05) is 61.7 Å². The largest absolute Gasteiger partial charge is 0.326 e. The minimum atomic E-state index is 0.854. The van der Waals surface area contributed by atoms with E-state index in [0.717, 1.165) is 36.0 Å². The fourth-order valence-corrected chi connectivity index (χ4v) is 2.25. The zero-order valence-electron chi connectivity index (χ0n) is 12.0. The van der Waals surface area contributed by atoms with Crippen LogP contribution in [0.25, 0.3) is 0 Å². The number of hydrogen-bond donors (Lipinski definition) is 1. The molecule has 0 amide bonds. The van der Waals surface area contributed by atoms with Crippen molar-refractivity contribution in [1.82, 2.24) is 14.5 Å². The first-order chi connectivity index (χ1) is 10.3. The van der Waals surface area contributed by atoms with Crippen molar-refractivity contribution in [2.45, 2.75) is 19.9 Å². The Morgan fingerprint density at radius 3 is 2.62 bits per heavy atom. The van der Waals surface area contributed by atoms with E-state index in [-0.39, 0.29) is 0 Å². The predicted octanol–water partition coefficient (Wildman–Crippen LogP) is 3.57. The SMILES string of the molecule is Cc1cn(CCc2ccccn2)c(Nc2ccccc2)n1. The summed E-state index contributed by atoms with van der Waals surface area (Å²) in [6, 6.07) is 16.1. The Bertz CT molecular complexity index is 689. The molecule has 106 valence electrons. The number of aromatic nitrogens is 3. The van der Waals surface area contributed by atoms with E-state index in [1.54, 1.807) is 0 Å². The lowest BCUT2D eigenvalue weighted by atomic mass is 10.3. The van der Waals surface area contributed by atoms with Gasteiger partial charge in [0.2, 0.25) is 5.95 Å². The van der Waals surface area contributed by atoms with E-state index in [2.05, 4.69) is 26.0 Å². The van der Waals surface area contributed by atoms with E-state index in [0.29, 0.717) is 0 Å². The summed E-state index contributed by atoms with van der Waals surface area (Å²) in [4.78, 5) is 8.91. The molecule has 4 nitrogen and oxygen atoms in total. The fourth-order valence-electron chi connectivity index (χ4n) is 2.25. The second-order valence-corrected chi connectivity index (χ2v) is 4.96. The Labute approximate surface area is 124 Å². The van der Waals surface area contributed by atoms with Gasteiger partial charge in [-0.3, -0.25) is 4.98 Å². The summed E-state index contributed by atoms with van der Waals surface area (Å²) in [5.41, 5.74) is 3.14. The van der Waals surface area contributed by atoms with Gasteiger partial charge < -0.3 is 9.88 Å². The quantitative estimate of drug-likeness (QED) is 0.775. The number of benzene rings is 1. The molecule has 0 bridgehead atoms. The fraction of sp³-hybridized carbons (Fsp3) is 0.176. The molecule has 2 aromatic heterocycles. The van der Waals surface area contributed by atoms with Crippen molar-refractivity contribution in [3.63, 3.8) is 0 Å². The van der Waals surface area contributed by atoms with Crippen LogP contribution in [0.5, 0.6) is 0 Å². The number of rotatable bonds is 5. The molecular weight excluding hydrogens is 260 g/mol. The molecule has 0 aliphatic heterocycles. The Hall–Kier alpha value is -2.62. The second kappa shape index (κ2) is 6.22. The average Bonchev–Trinajstić information content (AvgIpc) is 2.87. The first-order valence-corrected chi connectivity index (χ1v) is 7.07. The Balaban J connectivity index is 1.73. The molecule has 0 fully saturated rings. The topological polar surface area (TPSA) is 42.7 Å². The van der Waals surface area contributed by atoms with Crippen LogP contribution in [0.4, 0.5) is 11.6 Å². The normalized spacial score (nSPS) is 10.5. The Kier molecular flexibility index (Phi) is 3.96. The van der Waals surface area contributed by atoms with Crippen LogP contribution in [0.2, 0.25) is 0 Å². The molecule has 4 heteroatoms.